The molecule has 0 saturated heterocycles. The lowest BCUT2D eigenvalue weighted by Gasteiger charge is -2.54. The maximum absolute atomic E-state index is 13.1. The number of hydrogen-bond donors (Lipinski definition) is 0. The molecule has 4 nitrogen and oxygen atoms in total. The average Bonchev–Trinajstić information content (AvgIpc) is 2.50. The van der Waals surface area contributed by atoms with E-state index in [0.717, 1.165) is 18.4 Å². The number of ketones is 1. The second kappa shape index (κ2) is 6.59. The summed E-state index contributed by atoms with van der Waals surface area (Å²) in [6.45, 7) is 17.7. The van der Waals surface area contributed by atoms with E-state index < -0.39 is 25.6 Å². The number of ether oxygens (including phenoxy) is 1. The summed E-state index contributed by atoms with van der Waals surface area (Å²) < 4.78 is 11.6. The van der Waals surface area contributed by atoms with Crippen LogP contribution in [0.25, 0.3) is 0 Å². The summed E-state index contributed by atoms with van der Waals surface area (Å²) in [6.07, 6.45) is 4.22. The van der Waals surface area contributed by atoms with Crippen molar-refractivity contribution in [2.45, 2.75) is 85.0 Å². The molecule has 0 aromatic heterocycles. The molecule has 148 valence electrons. The molecule has 5 heteroatoms. The number of carbonyl (C=O) groups excluding carboxylic acids is 2. The van der Waals surface area contributed by atoms with Gasteiger partial charge in [-0.15, -0.1) is 0 Å². The standard InChI is InChI=1S/C21H36O4Si/c1-19(2,3)26(8,9)25-16-12-13-21(6)15(20(16,4)5)11-10-14(17(21)22)18(23)24-7/h11,14,16H,10,12-13H2,1-9H3/t14-,16+,21-/m1/s1. The molecule has 0 radical (unpaired) electrons. The number of allylic oxidation sites excluding steroid dienone is 1. The van der Waals surface area contributed by atoms with Crippen LogP contribution in [0.15, 0.2) is 11.6 Å². The van der Waals surface area contributed by atoms with Gasteiger partial charge in [0.25, 0.3) is 0 Å². The third-order valence-electron chi connectivity index (χ3n) is 7.15. The minimum absolute atomic E-state index is 0.0145. The molecule has 2 aliphatic carbocycles. The Morgan fingerprint density at radius 3 is 2.31 bits per heavy atom. The van der Waals surface area contributed by atoms with E-state index in [1.54, 1.807) is 0 Å². The SMILES string of the molecule is COC(=O)[C@@H]1CC=C2C(C)(C)[C@@H](O[Si](C)(C)C(C)(C)C)CC[C@@]2(C)C1=O. The van der Waals surface area contributed by atoms with Crippen LogP contribution >= 0.6 is 0 Å². The predicted octanol–water partition coefficient (Wildman–Crippen LogP) is 4.89. The first-order chi connectivity index (χ1) is 11.7. The predicted molar refractivity (Wildman–Crippen MR) is 106 cm³/mol. The maximum Gasteiger partial charge on any atom is 0.316 e. The number of carbonyl (C=O) groups is 2. The first kappa shape index (κ1) is 21.4. The van der Waals surface area contributed by atoms with Crippen molar-refractivity contribution in [2.24, 2.45) is 16.7 Å². The largest absolute Gasteiger partial charge is 0.468 e. The Kier molecular flexibility index (Phi) is 5.41. The third kappa shape index (κ3) is 3.33. The van der Waals surface area contributed by atoms with Crippen LogP contribution < -0.4 is 0 Å². The topological polar surface area (TPSA) is 52.6 Å². The number of esters is 1. The second-order valence-corrected chi connectivity index (χ2v) is 15.0. The molecule has 0 unspecified atom stereocenters. The smallest absolute Gasteiger partial charge is 0.316 e. The van der Waals surface area contributed by atoms with E-state index in [-0.39, 0.29) is 22.3 Å². The Labute approximate surface area is 159 Å². The molecule has 0 amide bonds. The molecule has 26 heavy (non-hydrogen) atoms. The number of hydrogen-bond acceptors (Lipinski definition) is 4. The quantitative estimate of drug-likeness (QED) is 0.303. The van der Waals surface area contributed by atoms with Gasteiger partial charge in [0.1, 0.15) is 5.92 Å². The molecule has 0 spiro atoms. The van der Waals surface area contributed by atoms with Crippen molar-refractivity contribution >= 4 is 20.1 Å². The summed E-state index contributed by atoms with van der Waals surface area (Å²) >= 11 is 0. The van der Waals surface area contributed by atoms with Gasteiger partial charge in [0.2, 0.25) is 0 Å². The van der Waals surface area contributed by atoms with Gasteiger partial charge in [-0.3, -0.25) is 9.59 Å². The first-order valence-corrected chi connectivity index (χ1v) is 12.6. The van der Waals surface area contributed by atoms with Gasteiger partial charge in [-0.1, -0.05) is 46.3 Å². The Bertz CT molecular complexity index is 626. The summed E-state index contributed by atoms with van der Waals surface area (Å²) in [7, 11) is -0.550. The Morgan fingerprint density at radius 1 is 1.23 bits per heavy atom. The molecule has 0 heterocycles. The van der Waals surface area contributed by atoms with Crippen molar-refractivity contribution < 1.29 is 18.8 Å². The summed E-state index contributed by atoms with van der Waals surface area (Å²) in [4.78, 5) is 25.2. The van der Waals surface area contributed by atoms with Gasteiger partial charge >= 0.3 is 5.97 Å². The van der Waals surface area contributed by atoms with Gasteiger partial charge in [0, 0.05) is 10.8 Å². The van der Waals surface area contributed by atoms with E-state index in [4.69, 9.17) is 9.16 Å². The molecule has 0 aliphatic heterocycles. The van der Waals surface area contributed by atoms with Crippen molar-refractivity contribution in [1.29, 1.82) is 0 Å². The van der Waals surface area contributed by atoms with Gasteiger partial charge < -0.3 is 9.16 Å². The molecule has 0 bridgehead atoms. The summed E-state index contributed by atoms with van der Waals surface area (Å²) in [5.41, 5.74) is 0.331. The molecule has 0 aromatic rings. The molecular weight excluding hydrogens is 344 g/mol. The van der Waals surface area contributed by atoms with E-state index >= 15 is 0 Å². The lowest BCUT2D eigenvalue weighted by molar-refractivity contribution is -0.153. The highest BCUT2D eigenvalue weighted by Gasteiger charge is 2.56. The van der Waals surface area contributed by atoms with Crippen LogP contribution in [-0.2, 0) is 18.8 Å². The molecule has 1 saturated carbocycles. The van der Waals surface area contributed by atoms with E-state index in [9.17, 15) is 9.59 Å². The lowest BCUT2D eigenvalue weighted by atomic mass is 9.54. The van der Waals surface area contributed by atoms with Crippen LogP contribution in [0.3, 0.4) is 0 Å². The molecule has 2 aliphatic rings. The van der Waals surface area contributed by atoms with Crippen LogP contribution in [0.4, 0.5) is 0 Å². The van der Waals surface area contributed by atoms with E-state index in [1.807, 2.05) is 6.92 Å². The number of fused-ring (bicyclic) bond motifs is 1. The fraction of sp³-hybridized carbons (Fsp3) is 0.810. The lowest BCUT2D eigenvalue weighted by Crippen LogP contribution is -2.55. The zero-order valence-electron chi connectivity index (χ0n) is 18.0. The van der Waals surface area contributed by atoms with Crippen LogP contribution in [-0.4, -0.2) is 33.3 Å². The van der Waals surface area contributed by atoms with Gasteiger partial charge in [-0.05, 0) is 44.3 Å². The van der Waals surface area contributed by atoms with E-state index in [1.165, 1.54) is 7.11 Å². The van der Waals surface area contributed by atoms with Crippen LogP contribution in [0.1, 0.15) is 60.8 Å². The highest BCUT2D eigenvalue weighted by Crippen LogP contribution is 2.56. The van der Waals surface area contributed by atoms with E-state index in [0.29, 0.717) is 6.42 Å². The average molecular weight is 381 g/mol. The highest BCUT2D eigenvalue weighted by atomic mass is 28.4. The Balaban J connectivity index is 2.36. The van der Waals surface area contributed by atoms with Crippen molar-refractivity contribution in [3.8, 4) is 0 Å². The van der Waals surface area contributed by atoms with Crippen LogP contribution in [0.2, 0.25) is 18.1 Å². The highest BCUT2D eigenvalue weighted by molar-refractivity contribution is 6.74. The van der Waals surface area contributed by atoms with Gasteiger partial charge in [-0.2, -0.15) is 0 Å². The van der Waals surface area contributed by atoms with Gasteiger partial charge in [0.05, 0.1) is 13.2 Å². The fourth-order valence-corrected chi connectivity index (χ4v) is 5.83. The molecule has 0 N–H and O–H groups in total. The Hall–Kier alpha value is -0.943. The summed E-state index contributed by atoms with van der Waals surface area (Å²) in [5, 5.41) is 0.149. The van der Waals surface area contributed by atoms with Crippen molar-refractivity contribution in [3.63, 3.8) is 0 Å². The van der Waals surface area contributed by atoms with Gasteiger partial charge in [-0.25, -0.2) is 0 Å². The van der Waals surface area contributed by atoms with Gasteiger partial charge in [0.15, 0.2) is 14.1 Å². The van der Waals surface area contributed by atoms with Crippen molar-refractivity contribution in [2.75, 3.05) is 7.11 Å². The number of methoxy groups -OCH3 is 1. The zero-order valence-corrected chi connectivity index (χ0v) is 19.0. The summed E-state index contributed by atoms with van der Waals surface area (Å²) in [6, 6.07) is 0. The normalized spacial score (nSPS) is 31.9. The Morgan fingerprint density at radius 2 is 1.81 bits per heavy atom. The molecule has 1 fully saturated rings. The monoisotopic (exact) mass is 380 g/mol. The van der Waals surface area contributed by atoms with Crippen LogP contribution in [0, 0.1) is 16.7 Å². The molecule has 2 rings (SSSR count). The maximum atomic E-state index is 13.1. The van der Waals surface area contributed by atoms with Crippen molar-refractivity contribution in [1.82, 2.24) is 0 Å². The summed E-state index contributed by atoms with van der Waals surface area (Å²) in [5.74, 6) is -1.06. The second-order valence-electron chi connectivity index (χ2n) is 10.3. The van der Waals surface area contributed by atoms with E-state index in [2.05, 4.69) is 53.8 Å². The molecule has 3 atom stereocenters. The molecular formula is C21H36O4Si. The van der Waals surface area contributed by atoms with Crippen LogP contribution in [0.5, 0.6) is 0 Å². The van der Waals surface area contributed by atoms with Crippen molar-refractivity contribution in [3.05, 3.63) is 11.6 Å². The number of Topliss-reactive ketones (excluding diaryl/α,β-unsaturated/α-hetero) is 1. The third-order valence-corrected chi connectivity index (χ3v) is 11.6. The minimum atomic E-state index is -1.90. The molecule has 0 aromatic carbocycles. The minimum Gasteiger partial charge on any atom is -0.468 e. The number of rotatable bonds is 3. The zero-order chi connectivity index (χ0) is 20.1. The fourth-order valence-electron chi connectivity index (χ4n) is 4.36. The first-order valence-electron chi connectivity index (χ1n) is 9.69.